The molecule has 0 atom stereocenters. The number of aryl methyl sites for hydroxylation is 2. The minimum atomic E-state index is -3.90. The lowest BCUT2D eigenvalue weighted by molar-refractivity contribution is 0.601. The Hall–Kier alpha value is -3.77. The number of H-pyrrole nitrogens is 1. The first-order valence-electron chi connectivity index (χ1n) is 9.25. The number of hydrogen-bond donors (Lipinski definition) is 2. The number of fused-ring (bicyclic) bond motifs is 1. The lowest BCUT2D eigenvalue weighted by Crippen LogP contribution is -2.14. The van der Waals surface area contributed by atoms with Gasteiger partial charge in [0, 0.05) is 11.3 Å². The van der Waals surface area contributed by atoms with Crippen LogP contribution in [-0.4, -0.2) is 28.6 Å². The molecule has 0 fully saturated rings. The number of aromatic nitrogens is 4. The van der Waals surface area contributed by atoms with Gasteiger partial charge in [0.15, 0.2) is 5.65 Å². The first kappa shape index (κ1) is 19.5. The van der Waals surface area contributed by atoms with Gasteiger partial charge in [-0.2, -0.15) is 10.4 Å². The van der Waals surface area contributed by atoms with Crippen molar-refractivity contribution in [2.24, 2.45) is 0 Å². The van der Waals surface area contributed by atoms with Crippen LogP contribution in [0.5, 0.6) is 0 Å². The number of nitrogens with one attached hydrogen (secondary N) is 2. The van der Waals surface area contributed by atoms with Gasteiger partial charge in [-0.3, -0.25) is 9.82 Å². The molecule has 0 saturated carbocycles. The monoisotopic (exact) mass is 418 g/mol. The molecule has 2 heterocycles. The Morgan fingerprint density at radius 2 is 1.93 bits per heavy atom. The summed E-state index contributed by atoms with van der Waals surface area (Å²) >= 11 is 0. The number of sulfonamides is 1. The van der Waals surface area contributed by atoms with Crippen LogP contribution in [-0.2, 0) is 16.4 Å². The maximum Gasteiger partial charge on any atom is 0.263 e. The molecule has 2 N–H and O–H groups in total. The minimum Gasteiger partial charge on any atom is -0.280 e. The number of aromatic amines is 1. The molecular formula is C21H18N6O2S. The van der Waals surface area contributed by atoms with Crippen LogP contribution < -0.4 is 4.72 Å². The molecule has 150 valence electrons. The van der Waals surface area contributed by atoms with Crippen LogP contribution in [0.3, 0.4) is 0 Å². The predicted octanol–water partition coefficient (Wildman–Crippen LogP) is 3.56. The van der Waals surface area contributed by atoms with E-state index in [2.05, 4.69) is 24.9 Å². The van der Waals surface area contributed by atoms with Gasteiger partial charge in [0.25, 0.3) is 10.0 Å². The van der Waals surface area contributed by atoms with Gasteiger partial charge in [0.2, 0.25) is 0 Å². The summed E-state index contributed by atoms with van der Waals surface area (Å²) in [5.74, 6) is 0. The molecule has 0 spiro atoms. The molecule has 9 heteroatoms. The number of nitrogens with zero attached hydrogens (tertiary/aromatic N) is 4. The van der Waals surface area contributed by atoms with E-state index in [1.54, 1.807) is 43.5 Å². The molecule has 30 heavy (non-hydrogen) atoms. The smallest absolute Gasteiger partial charge is 0.263 e. The van der Waals surface area contributed by atoms with Gasteiger partial charge >= 0.3 is 0 Å². The quantitative estimate of drug-likeness (QED) is 0.510. The minimum absolute atomic E-state index is 0.0450. The fourth-order valence-corrected chi connectivity index (χ4v) is 4.40. The van der Waals surface area contributed by atoms with Gasteiger partial charge in [0.05, 0.1) is 23.1 Å². The third-order valence-electron chi connectivity index (χ3n) is 4.66. The van der Waals surface area contributed by atoms with Gasteiger partial charge < -0.3 is 0 Å². The zero-order chi connectivity index (χ0) is 21.3. The molecule has 2 aromatic heterocycles. The fraction of sp³-hybridized carbons (Fsp3) is 0.143. The van der Waals surface area contributed by atoms with Crippen LogP contribution in [0.2, 0.25) is 0 Å². The highest BCUT2D eigenvalue weighted by atomic mass is 32.2. The Kier molecular flexibility index (Phi) is 4.93. The second-order valence-corrected chi connectivity index (χ2v) is 8.42. The van der Waals surface area contributed by atoms with Crippen molar-refractivity contribution >= 4 is 26.9 Å². The van der Waals surface area contributed by atoms with Crippen molar-refractivity contribution < 1.29 is 8.42 Å². The maximum absolute atomic E-state index is 12.8. The Bertz CT molecular complexity index is 1390. The highest BCUT2D eigenvalue weighted by Crippen LogP contribution is 2.24. The number of hydrogen-bond acceptors (Lipinski definition) is 6. The van der Waals surface area contributed by atoms with E-state index < -0.39 is 10.0 Å². The Balaban J connectivity index is 1.61. The summed E-state index contributed by atoms with van der Waals surface area (Å²) in [7, 11) is -3.90. The van der Waals surface area contributed by atoms with E-state index in [9.17, 15) is 13.7 Å². The number of anilines is 1. The second kappa shape index (κ2) is 7.57. The lowest BCUT2D eigenvalue weighted by Gasteiger charge is -2.10. The molecule has 0 aliphatic carbocycles. The van der Waals surface area contributed by atoms with Crippen molar-refractivity contribution in [3.05, 3.63) is 65.5 Å². The van der Waals surface area contributed by atoms with Crippen molar-refractivity contribution in [1.29, 1.82) is 5.26 Å². The van der Waals surface area contributed by atoms with E-state index in [0.717, 1.165) is 28.8 Å². The van der Waals surface area contributed by atoms with Gasteiger partial charge in [-0.1, -0.05) is 25.1 Å². The third kappa shape index (κ3) is 3.60. The van der Waals surface area contributed by atoms with E-state index in [1.165, 1.54) is 12.1 Å². The maximum atomic E-state index is 12.8. The molecule has 0 aliphatic heterocycles. The molecule has 0 radical (unpaired) electrons. The van der Waals surface area contributed by atoms with E-state index in [0.29, 0.717) is 17.0 Å². The molecule has 8 nitrogen and oxygen atoms in total. The Morgan fingerprint density at radius 3 is 2.63 bits per heavy atom. The van der Waals surface area contributed by atoms with Crippen LogP contribution in [0.15, 0.2) is 53.6 Å². The Morgan fingerprint density at radius 1 is 1.17 bits per heavy atom. The zero-order valence-electron chi connectivity index (χ0n) is 16.3. The molecule has 4 aromatic rings. The van der Waals surface area contributed by atoms with Crippen LogP contribution in [0, 0.1) is 18.3 Å². The summed E-state index contributed by atoms with van der Waals surface area (Å²) in [6.07, 6.45) is 2.43. The molecular weight excluding hydrogens is 400 g/mol. The summed E-state index contributed by atoms with van der Waals surface area (Å²) in [5.41, 5.74) is 4.88. The summed E-state index contributed by atoms with van der Waals surface area (Å²) in [6, 6.07) is 13.4. The SMILES string of the molecule is CCc1n[nH]c2nc(-c3ccc(NS(=O)(=O)c4cc(C)ccc4C#N)cc3)cnc12. The number of benzene rings is 2. The standard InChI is InChI=1S/C21H18N6O2S/c1-3-17-20-21(26-25-17)24-18(12-23-20)14-6-8-16(9-7-14)27-30(28,29)19-10-13(2)4-5-15(19)11-22/h4-10,12,27H,3H2,1-2H3,(H,24,25,26). The second-order valence-electron chi connectivity index (χ2n) is 6.77. The van der Waals surface area contributed by atoms with Crippen LogP contribution in [0.1, 0.15) is 23.7 Å². The molecule has 4 rings (SSSR count). The third-order valence-corrected chi connectivity index (χ3v) is 6.08. The van der Waals surface area contributed by atoms with E-state index >= 15 is 0 Å². The average Bonchev–Trinajstić information content (AvgIpc) is 3.16. The van der Waals surface area contributed by atoms with Crippen LogP contribution >= 0.6 is 0 Å². The molecule has 0 amide bonds. The van der Waals surface area contributed by atoms with Crippen molar-refractivity contribution in [1.82, 2.24) is 20.2 Å². The number of rotatable bonds is 5. The van der Waals surface area contributed by atoms with E-state index in [4.69, 9.17) is 0 Å². The summed E-state index contributed by atoms with van der Waals surface area (Å²) in [5, 5.41) is 16.3. The van der Waals surface area contributed by atoms with Gasteiger partial charge in [-0.15, -0.1) is 0 Å². The highest BCUT2D eigenvalue weighted by Gasteiger charge is 2.19. The normalized spacial score (nSPS) is 11.4. The topological polar surface area (TPSA) is 124 Å². The first-order valence-corrected chi connectivity index (χ1v) is 10.7. The molecule has 0 bridgehead atoms. The molecule has 0 unspecified atom stereocenters. The largest absolute Gasteiger partial charge is 0.280 e. The van der Waals surface area contributed by atoms with E-state index in [-0.39, 0.29) is 10.5 Å². The Labute approximate surface area is 173 Å². The average molecular weight is 418 g/mol. The van der Waals surface area contributed by atoms with Gasteiger partial charge in [-0.05, 0) is 43.2 Å². The fourth-order valence-electron chi connectivity index (χ4n) is 3.10. The van der Waals surface area contributed by atoms with E-state index in [1.807, 2.05) is 13.0 Å². The molecule has 0 aliphatic rings. The van der Waals surface area contributed by atoms with Crippen molar-refractivity contribution in [3.8, 4) is 17.3 Å². The van der Waals surface area contributed by atoms with Gasteiger partial charge in [0.1, 0.15) is 16.5 Å². The van der Waals surface area contributed by atoms with Crippen molar-refractivity contribution in [2.75, 3.05) is 4.72 Å². The summed E-state index contributed by atoms with van der Waals surface area (Å²) in [6.45, 7) is 3.78. The lowest BCUT2D eigenvalue weighted by atomic mass is 10.1. The highest BCUT2D eigenvalue weighted by molar-refractivity contribution is 7.92. The van der Waals surface area contributed by atoms with Gasteiger partial charge in [-0.25, -0.2) is 18.4 Å². The summed E-state index contributed by atoms with van der Waals surface area (Å²) < 4.78 is 28.1. The van der Waals surface area contributed by atoms with Crippen LogP contribution in [0.4, 0.5) is 5.69 Å². The zero-order valence-corrected chi connectivity index (χ0v) is 17.2. The molecule has 2 aromatic carbocycles. The van der Waals surface area contributed by atoms with Crippen molar-refractivity contribution in [2.45, 2.75) is 25.2 Å². The van der Waals surface area contributed by atoms with Crippen LogP contribution in [0.25, 0.3) is 22.4 Å². The predicted molar refractivity (Wildman–Crippen MR) is 113 cm³/mol. The summed E-state index contributed by atoms with van der Waals surface area (Å²) in [4.78, 5) is 8.94. The first-order chi connectivity index (χ1) is 14.4. The van der Waals surface area contributed by atoms with Crippen molar-refractivity contribution in [3.63, 3.8) is 0 Å². The molecule has 0 saturated heterocycles. The number of nitriles is 1.